The lowest BCUT2D eigenvalue weighted by atomic mass is 9.79. The number of aromatic nitrogens is 2. The Hall–Kier alpha value is -5.28. The van der Waals surface area contributed by atoms with E-state index in [0.29, 0.717) is 42.3 Å². The number of nitrogens with one attached hydrogen (secondary N) is 2. The van der Waals surface area contributed by atoms with Gasteiger partial charge in [-0.3, -0.25) is 24.3 Å². The van der Waals surface area contributed by atoms with E-state index >= 15 is 8.78 Å². The van der Waals surface area contributed by atoms with Gasteiger partial charge in [0.25, 0.3) is 5.56 Å². The van der Waals surface area contributed by atoms with Gasteiger partial charge in [0, 0.05) is 31.2 Å². The number of imide groups is 1. The molecular formula is C43H47F2N7O7S. The lowest BCUT2D eigenvalue weighted by Gasteiger charge is -2.44. The molecule has 3 aromatic carbocycles. The van der Waals surface area contributed by atoms with E-state index in [1.165, 1.54) is 37.5 Å². The van der Waals surface area contributed by atoms with E-state index in [0.717, 1.165) is 57.7 Å². The molecule has 316 valence electrons. The quantitative estimate of drug-likeness (QED) is 0.175. The van der Waals surface area contributed by atoms with Crippen LogP contribution in [-0.2, 0) is 30.8 Å². The van der Waals surface area contributed by atoms with Gasteiger partial charge in [-0.15, -0.1) is 0 Å². The van der Waals surface area contributed by atoms with E-state index in [9.17, 15) is 28.1 Å². The molecule has 1 aliphatic carbocycles. The largest absolute Gasteiger partial charge is 0.453 e. The Morgan fingerprint density at radius 1 is 1.03 bits per heavy atom. The summed E-state index contributed by atoms with van der Waals surface area (Å²) in [6.45, 7) is 3.46. The molecule has 0 bridgehead atoms. The maximum atomic E-state index is 15.3. The number of rotatable bonds is 10. The second-order valence-corrected chi connectivity index (χ2v) is 18.6. The van der Waals surface area contributed by atoms with E-state index in [1.807, 2.05) is 18.2 Å². The fourth-order valence-corrected chi connectivity index (χ4v) is 9.76. The second-order valence-electron chi connectivity index (χ2n) is 16.6. The van der Waals surface area contributed by atoms with Crippen molar-refractivity contribution < 1.29 is 36.3 Å². The van der Waals surface area contributed by atoms with Crippen molar-refractivity contribution in [3.8, 4) is 17.6 Å². The summed E-state index contributed by atoms with van der Waals surface area (Å²) >= 11 is 0. The van der Waals surface area contributed by atoms with Gasteiger partial charge in [0.05, 0.1) is 40.7 Å². The molecular weight excluding hydrogens is 797 g/mol. The lowest BCUT2D eigenvalue weighted by molar-refractivity contribution is -0.133. The first-order valence-corrected chi connectivity index (χ1v) is 22.0. The van der Waals surface area contributed by atoms with E-state index in [4.69, 9.17) is 14.6 Å². The van der Waals surface area contributed by atoms with Crippen molar-refractivity contribution >= 4 is 38.4 Å². The van der Waals surface area contributed by atoms with Gasteiger partial charge in [-0.05, 0) is 118 Å². The van der Waals surface area contributed by atoms with Crippen LogP contribution in [0.1, 0.15) is 93.4 Å². The smallest absolute Gasteiger partial charge is 0.261 e. The first-order chi connectivity index (χ1) is 28.7. The van der Waals surface area contributed by atoms with Gasteiger partial charge in [-0.1, -0.05) is 12.1 Å². The Morgan fingerprint density at radius 3 is 2.50 bits per heavy atom. The Balaban J connectivity index is 0.875. The number of anilines is 1. The topological polar surface area (TPSA) is 199 Å². The fraction of sp³-hybridized carbons (Fsp3) is 0.465. The predicted octanol–water partition coefficient (Wildman–Crippen LogP) is 5.30. The molecule has 2 amide bonds. The first-order valence-electron chi connectivity index (χ1n) is 20.4. The summed E-state index contributed by atoms with van der Waals surface area (Å²) in [7, 11) is -3.90. The van der Waals surface area contributed by atoms with Crippen LogP contribution in [0.4, 0.5) is 14.5 Å². The Morgan fingerprint density at radius 2 is 1.80 bits per heavy atom. The molecule has 14 nitrogen and oxygen atoms in total. The van der Waals surface area contributed by atoms with E-state index in [2.05, 4.69) is 20.5 Å². The normalized spacial score (nSPS) is 23.9. The number of benzene rings is 3. The monoisotopic (exact) mass is 843 g/mol. The van der Waals surface area contributed by atoms with Gasteiger partial charge in [0.1, 0.15) is 29.2 Å². The molecule has 1 saturated carbocycles. The number of nitrogens with two attached hydrogens (primary N) is 1. The summed E-state index contributed by atoms with van der Waals surface area (Å²) in [5.41, 5.74) is 1.03. The third kappa shape index (κ3) is 8.51. The van der Waals surface area contributed by atoms with Gasteiger partial charge in [0.2, 0.25) is 21.8 Å². The van der Waals surface area contributed by atoms with E-state index in [-0.39, 0.29) is 75.7 Å². The highest BCUT2D eigenvalue weighted by molar-refractivity contribution is 7.89. The van der Waals surface area contributed by atoms with Gasteiger partial charge in [0.15, 0.2) is 11.6 Å². The molecule has 4 heterocycles. The Kier molecular flexibility index (Phi) is 11.5. The van der Waals surface area contributed by atoms with Crippen molar-refractivity contribution in [2.24, 2.45) is 5.14 Å². The van der Waals surface area contributed by atoms with E-state index in [1.54, 1.807) is 10.6 Å². The lowest BCUT2D eigenvalue weighted by Crippen LogP contribution is -2.49. The maximum absolute atomic E-state index is 15.3. The van der Waals surface area contributed by atoms with Crippen molar-refractivity contribution in [3.05, 3.63) is 93.5 Å². The number of halogens is 2. The number of carbonyl (C=O) groups is 2. The van der Waals surface area contributed by atoms with Crippen molar-refractivity contribution in [1.29, 1.82) is 5.26 Å². The zero-order valence-electron chi connectivity index (χ0n) is 33.2. The Labute approximate surface area is 346 Å². The van der Waals surface area contributed by atoms with Crippen LogP contribution in [0.5, 0.6) is 11.5 Å². The molecule has 1 aromatic heterocycles. The van der Waals surface area contributed by atoms with E-state index < -0.39 is 33.0 Å². The number of primary sulfonamides is 1. The molecule has 4 N–H and O–H groups in total. The summed E-state index contributed by atoms with van der Waals surface area (Å²) in [6, 6.07) is 13.6. The molecule has 0 radical (unpaired) electrons. The number of nitrogens with zero attached hydrogens (tertiary/aromatic N) is 4. The van der Waals surface area contributed by atoms with Crippen LogP contribution in [0, 0.1) is 23.0 Å². The van der Waals surface area contributed by atoms with Gasteiger partial charge < -0.3 is 19.7 Å². The van der Waals surface area contributed by atoms with Crippen LogP contribution in [-0.4, -0.2) is 77.3 Å². The number of carbonyl (C=O) groups excluding carboxylic acids is 2. The van der Waals surface area contributed by atoms with Crippen molar-refractivity contribution in [2.45, 2.75) is 106 Å². The molecule has 4 aromatic rings. The number of fused-ring (bicyclic) bond motifs is 1. The fourth-order valence-electron chi connectivity index (χ4n) is 9.35. The minimum absolute atomic E-state index is 0.106. The number of piperidine rings is 2. The van der Waals surface area contributed by atoms with Crippen molar-refractivity contribution in [3.63, 3.8) is 0 Å². The third-order valence-electron chi connectivity index (χ3n) is 12.9. The zero-order valence-corrected chi connectivity index (χ0v) is 34.0. The molecule has 17 heteroatoms. The van der Waals surface area contributed by atoms with Crippen LogP contribution in [0.3, 0.4) is 0 Å². The highest BCUT2D eigenvalue weighted by Crippen LogP contribution is 2.43. The Bertz CT molecular complexity index is 2550. The summed E-state index contributed by atoms with van der Waals surface area (Å²) in [5, 5.41) is 19.8. The van der Waals surface area contributed by atoms with Crippen molar-refractivity contribution in [1.82, 2.24) is 19.8 Å². The van der Waals surface area contributed by atoms with Crippen LogP contribution >= 0.6 is 0 Å². The molecule has 4 aliphatic rings. The average molecular weight is 844 g/mol. The average Bonchev–Trinajstić information content (AvgIpc) is 3.63. The number of ether oxygens (including phenoxy) is 2. The molecule has 4 fully saturated rings. The van der Waals surface area contributed by atoms with Crippen LogP contribution in [0.2, 0.25) is 0 Å². The maximum Gasteiger partial charge on any atom is 0.261 e. The predicted molar refractivity (Wildman–Crippen MR) is 218 cm³/mol. The van der Waals surface area contributed by atoms with Gasteiger partial charge in [-0.2, -0.15) is 5.26 Å². The van der Waals surface area contributed by atoms with Crippen LogP contribution < -0.4 is 26.1 Å². The minimum Gasteiger partial charge on any atom is -0.453 e. The highest BCUT2D eigenvalue weighted by Gasteiger charge is 2.45. The number of sulfonamides is 1. The number of likely N-dealkylation sites (tertiary alicyclic amines) is 1. The summed E-state index contributed by atoms with van der Waals surface area (Å²) in [6.07, 6.45) is 7.94. The number of nitriles is 1. The van der Waals surface area contributed by atoms with Crippen LogP contribution in [0.25, 0.3) is 10.9 Å². The molecule has 8 rings (SSSR count). The number of amides is 2. The summed E-state index contributed by atoms with van der Waals surface area (Å²) < 4.78 is 68.0. The third-order valence-corrected chi connectivity index (χ3v) is 14.2. The second kappa shape index (κ2) is 16.6. The molecule has 3 saturated heterocycles. The van der Waals surface area contributed by atoms with Crippen LogP contribution in [0.15, 0.2) is 59.7 Å². The highest BCUT2D eigenvalue weighted by atomic mass is 32.2. The molecule has 1 spiro atoms. The SMILES string of the molecule is CC(Cc1ccc(F)c(Oc2ccc3ncn([C@H]4COC5(CCN(C6CCC(c7ccc(NC8CCC(=O)NC8=O)cc7F)CC6)CC5)C4)c(=O)c3c2)c1C#N)S(N)(=O)=O. The summed E-state index contributed by atoms with van der Waals surface area (Å²) in [4.78, 5) is 44.6. The number of hydrogen-bond acceptors (Lipinski definition) is 11. The molecule has 60 heavy (non-hydrogen) atoms. The first kappa shape index (κ1) is 41.5. The zero-order chi connectivity index (χ0) is 42.3. The molecule has 2 unspecified atom stereocenters. The minimum atomic E-state index is -3.90. The number of hydrogen-bond donors (Lipinski definition) is 3. The van der Waals surface area contributed by atoms with Crippen molar-refractivity contribution in [2.75, 3.05) is 25.0 Å². The van der Waals surface area contributed by atoms with Gasteiger partial charge in [-0.25, -0.2) is 27.3 Å². The standard InChI is InChI=1S/C43H47F2N7O7S/c1-25(60(47,56)57)18-27-4-10-35(44)40(34(27)22-46)59-31-8-11-37-33(20-31)42(55)52(24-48-37)30-21-43(58-23-30)14-16-51(17-15-43)29-6-2-26(3-7-29)32-9-5-28(19-36(32)45)49-38-12-13-39(53)50-41(38)54/h4-5,8-11,19-20,24-26,29-30,38,49H,2-3,6-7,12-18,21,23H2,1H3,(H2,47,56,57)(H,50,53,54)/t25?,26?,29?,30-,38?/m1/s1. The van der Waals surface area contributed by atoms with Gasteiger partial charge >= 0.3 is 0 Å². The molecule has 3 aliphatic heterocycles. The molecule has 3 atom stereocenters. The summed E-state index contributed by atoms with van der Waals surface area (Å²) in [5.74, 6) is -1.97.